The maximum Gasteiger partial charge on any atom is 0.255 e. The van der Waals surface area contributed by atoms with Crippen molar-refractivity contribution in [3.05, 3.63) is 29.8 Å². The summed E-state index contributed by atoms with van der Waals surface area (Å²) in [5.74, 6) is -1.01. The molecule has 1 unspecified atom stereocenters. The molecule has 3 N–H and O–H groups in total. The van der Waals surface area contributed by atoms with Crippen LogP contribution in [0.15, 0.2) is 24.3 Å². The summed E-state index contributed by atoms with van der Waals surface area (Å²) in [5.41, 5.74) is 0.440. The number of nitrogens with one attached hydrogen (secondary N) is 2. The molecule has 0 bridgehead atoms. The topological polar surface area (TPSA) is 78.4 Å². The molecule has 0 spiro atoms. The smallest absolute Gasteiger partial charge is 0.255 e. The summed E-state index contributed by atoms with van der Waals surface area (Å²) in [7, 11) is 0. The van der Waals surface area contributed by atoms with Crippen LogP contribution < -0.4 is 10.6 Å². The first-order valence-corrected chi connectivity index (χ1v) is 6.27. The number of hydrogen-bond donors (Lipinski definition) is 3. The van der Waals surface area contributed by atoms with Crippen molar-refractivity contribution in [2.24, 2.45) is 0 Å². The van der Waals surface area contributed by atoms with E-state index >= 15 is 0 Å². The number of halogens is 3. The number of benzene rings is 1. The highest BCUT2D eigenvalue weighted by molar-refractivity contribution is 6.68. The zero-order valence-corrected chi connectivity index (χ0v) is 12.1. The highest BCUT2D eigenvalue weighted by Gasteiger charge is 2.32. The van der Waals surface area contributed by atoms with Crippen molar-refractivity contribution < 1.29 is 14.7 Å². The van der Waals surface area contributed by atoms with Crippen molar-refractivity contribution in [2.45, 2.75) is 16.9 Å². The number of rotatable bonds is 3. The van der Waals surface area contributed by atoms with E-state index in [9.17, 15) is 14.7 Å². The van der Waals surface area contributed by atoms with Gasteiger partial charge < -0.3 is 15.7 Å². The van der Waals surface area contributed by atoms with Crippen molar-refractivity contribution in [2.75, 3.05) is 5.32 Å². The molecular weight excluding hydrogens is 314 g/mol. The third-order valence-corrected chi connectivity index (χ3v) is 2.68. The number of carbonyl (C=O) groups is 2. The van der Waals surface area contributed by atoms with Gasteiger partial charge in [-0.15, -0.1) is 0 Å². The first-order valence-electron chi connectivity index (χ1n) is 5.14. The van der Waals surface area contributed by atoms with Crippen LogP contribution in [0, 0.1) is 0 Å². The van der Waals surface area contributed by atoms with E-state index in [2.05, 4.69) is 10.6 Å². The molecule has 0 radical (unpaired) electrons. The van der Waals surface area contributed by atoms with Gasteiger partial charge in [0.05, 0.1) is 11.3 Å². The summed E-state index contributed by atoms with van der Waals surface area (Å²) in [6.45, 7) is 1.31. The Morgan fingerprint density at radius 3 is 2.37 bits per heavy atom. The van der Waals surface area contributed by atoms with Crippen molar-refractivity contribution >= 4 is 52.3 Å². The van der Waals surface area contributed by atoms with Gasteiger partial charge in [-0.05, 0) is 12.1 Å². The fourth-order valence-electron chi connectivity index (χ4n) is 1.26. The summed E-state index contributed by atoms with van der Waals surface area (Å²) < 4.78 is -2.04. The molecule has 0 aromatic heterocycles. The third kappa shape index (κ3) is 4.87. The number of alkyl halides is 3. The SMILES string of the molecule is CC(=O)Nc1ccccc1C(=O)NC(O)C(Cl)(Cl)Cl. The van der Waals surface area contributed by atoms with E-state index in [1.807, 2.05) is 0 Å². The van der Waals surface area contributed by atoms with Gasteiger partial charge in [0.15, 0.2) is 6.23 Å². The van der Waals surface area contributed by atoms with Gasteiger partial charge in [0.25, 0.3) is 5.91 Å². The maximum absolute atomic E-state index is 11.9. The lowest BCUT2D eigenvalue weighted by molar-refractivity contribution is -0.114. The standard InChI is InChI=1S/C11H11Cl3N2O3/c1-6(17)15-8-5-3-2-4-7(8)9(18)16-10(19)11(12,13)14/h2-5,10,19H,1H3,(H,15,17)(H,16,18). The predicted molar refractivity (Wildman–Crippen MR) is 74.5 cm³/mol. The van der Waals surface area contributed by atoms with Gasteiger partial charge in [0, 0.05) is 6.92 Å². The van der Waals surface area contributed by atoms with Crippen LogP contribution in [0.25, 0.3) is 0 Å². The number of amides is 2. The van der Waals surface area contributed by atoms with Crippen LogP contribution >= 0.6 is 34.8 Å². The molecule has 0 fully saturated rings. The van der Waals surface area contributed by atoms with Crippen LogP contribution in [0.2, 0.25) is 0 Å². The Bertz CT molecular complexity index is 488. The maximum atomic E-state index is 11.9. The summed E-state index contributed by atoms with van der Waals surface area (Å²) >= 11 is 16.3. The second-order valence-corrected chi connectivity index (χ2v) is 6.01. The molecule has 5 nitrogen and oxygen atoms in total. The van der Waals surface area contributed by atoms with Gasteiger partial charge in [-0.25, -0.2) is 0 Å². The van der Waals surface area contributed by atoms with E-state index in [1.165, 1.54) is 19.1 Å². The number of carbonyl (C=O) groups excluding carboxylic acids is 2. The van der Waals surface area contributed by atoms with Crippen LogP contribution in [0.4, 0.5) is 5.69 Å². The van der Waals surface area contributed by atoms with E-state index in [0.717, 1.165) is 0 Å². The lowest BCUT2D eigenvalue weighted by Crippen LogP contribution is -2.43. The molecule has 2 amide bonds. The lowest BCUT2D eigenvalue weighted by atomic mass is 10.1. The highest BCUT2D eigenvalue weighted by atomic mass is 35.6. The molecule has 104 valence electrons. The Morgan fingerprint density at radius 2 is 1.84 bits per heavy atom. The van der Waals surface area contributed by atoms with Gasteiger partial charge in [-0.3, -0.25) is 9.59 Å². The normalized spacial score (nSPS) is 12.7. The molecular formula is C11H11Cl3N2O3. The number of hydrogen-bond acceptors (Lipinski definition) is 3. The predicted octanol–water partition coefficient (Wildman–Crippen LogP) is 2.06. The Hall–Kier alpha value is -1.01. The third-order valence-electron chi connectivity index (χ3n) is 2.06. The summed E-state index contributed by atoms with van der Waals surface area (Å²) in [6.07, 6.45) is -1.67. The zero-order chi connectivity index (χ0) is 14.6. The largest absolute Gasteiger partial charge is 0.369 e. The van der Waals surface area contributed by atoms with Crippen molar-refractivity contribution in [3.8, 4) is 0 Å². The first kappa shape index (κ1) is 16.0. The Labute approximate surface area is 124 Å². The minimum absolute atomic E-state index is 0.144. The van der Waals surface area contributed by atoms with Gasteiger partial charge in [-0.1, -0.05) is 46.9 Å². The first-order chi connectivity index (χ1) is 8.71. The molecule has 0 aliphatic rings. The molecule has 0 aliphatic carbocycles. The summed E-state index contributed by atoms with van der Waals surface area (Å²) in [5, 5.41) is 14.1. The molecule has 1 aromatic carbocycles. The number of aliphatic hydroxyl groups is 1. The van der Waals surface area contributed by atoms with Crippen molar-refractivity contribution in [3.63, 3.8) is 0 Å². The van der Waals surface area contributed by atoms with E-state index in [-0.39, 0.29) is 11.5 Å². The highest BCUT2D eigenvalue weighted by Crippen LogP contribution is 2.29. The van der Waals surface area contributed by atoms with Gasteiger partial charge >= 0.3 is 0 Å². The van der Waals surface area contributed by atoms with E-state index < -0.39 is 15.9 Å². The number of para-hydroxylation sites is 1. The van der Waals surface area contributed by atoms with E-state index in [0.29, 0.717) is 5.69 Å². The Morgan fingerprint density at radius 1 is 1.26 bits per heavy atom. The minimum atomic E-state index is -2.04. The van der Waals surface area contributed by atoms with Gasteiger partial charge in [0.2, 0.25) is 9.70 Å². The van der Waals surface area contributed by atoms with Gasteiger partial charge in [-0.2, -0.15) is 0 Å². The molecule has 19 heavy (non-hydrogen) atoms. The van der Waals surface area contributed by atoms with Crippen LogP contribution in [0.5, 0.6) is 0 Å². The fourth-order valence-corrected chi connectivity index (χ4v) is 1.43. The minimum Gasteiger partial charge on any atom is -0.369 e. The molecule has 0 saturated heterocycles. The van der Waals surface area contributed by atoms with Crippen molar-refractivity contribution in [1.29, 1.82) is 0 Å². The van der Waals surface area contributed by atoms with Crippen molar-refractivity contribution in [1.82, 2.24) is 5.32 Å². The molecule has 1 atom stereocenters. The van der Waals surface area contributed by atoms with Crippen LogP contribution in [-0.2, 0) is 4.79 Å². The van der Waals surface area contributed by atoms with E-state index in [1.54, 1.807) is 12.1 Å². The average Bonchev–Trinajstić information content (AvgIpc) is 2.27. The quantitative estimate of drug-likeness (QED) is 0.588. The molecule has 1 rings (SSSR count). The second kappa shape index (κ2) is 6.43. The van der Waals surface area contributed by atoms with E-state index in [4.69, 9.17) is 34.8 Å². The van der Waals surface area contributed by atoms with Gasteiger partial charge in [0.1, 0.15) is 0 Å². The molecule has 1 aromatic rings. The van der Waals surface area contributed by atoms with Crippen LogP contribution in [-0.4, -0.2) is 26.9 Å². The number of anilines is 1. The van der Waals surface area contributed by atoms with Crippen LogP contribution in [0.1, 0.15) is 17.3 Å². The molecule has 0 heterocycles. The Balaban J connectivity index is 2.91. The zero-order valence-electron chi connectivity index (χ0n) is 9.78. The lowest BCUT2D eigenvalue weighted by Gasteiger charge is -2.20. The number of aliphatic hydroxyl groups excluding tert-OH is 1. The average molecular weight is 326 g/mol. The summed E-state index contributed by atoms with van der Waals surface area (Å²) in [6, 6.07) is 6.25. The second-order valence-electron chi connectivity index (χ2n) is 3.64. The monoisotopic (exact) mass is 324 g/mol. The Kier molecular flexibility index (Phi) is 5.43. The fraction of sp³-hybridized carbons (Fsp3) is 0.273. The van der Waals surface area contributed by atoms with Crippen LogP contribution in [0.3, 0.4) is 0 Å². The molecule has 0 saturated carbocycles. The molecule has 8 heteroatoms. The molecule has 0 aliphatic heterocycles. The summed E-state index contributed by atoms with van der Waals surface area (Å²) in [4.78, 5) is 22.9.